The maximum atomic E-state index is 10.8. The number of hydrogen-bond acceptors (Lipinski definition) is 6. The average molecular weight is 356 g/mol. The molecule has 1 saturated heterocycles. The highest BCUT2D eigenvalue weighted by Crippen LogP contribution is 2.20. The zero-order chi connectivity index (χ0) is 17.9. The monoisotopic (exact) mass is 356 g/mol. The highest BCUT2D eigenvalue weighted by Gasteiger charge is 2.12. The van der Waals surface area contributed by atoms with Gasteiger partial charge in [0.2, 0.25) is 0 Å². The molecule has 4 rings (SSSR count). The number of hydrogen-bond donors (Lipinski definition) is 0. The SMILES string of the molecule is O=[N+]([O-])c1ccc2c(c1)ncn2CCCc1cn(N2CCOCC2)cn1. The van der Waals surface area contributed by atoms with E-state index in [9.17, 15) is 10.1 Å². The van der Waals surface area contributed by atoms with Crippen LogP contribution in [0.3, 0.4) is 0 Å². The fraction of sp³-hybridized carbons (Fsp3) is 0.412. The maximum Gasteiger partial charge on any atom is 0.271 e. The van der Waals surface area contributed by atoms with Crippen LogP contribution in [0.2, 0.25) is 0 Å². The first-order valence-corrected chi connectivity index (χ1v) is 8.66. The van der Waals surface area contributed by atoms with Gasteiger partial charge in [0.25, 0.3) is 5.69 Å². The molecule has 136 valence electrons. The van der Waals surface area contributed by atoms with Crippen molar-refractivity contribution in [2.75, 3.05) is 31.3 Å². The van der Waals surface area contributed by atoms with E-state index in [0.29, 0.717) is 5.52 Å². The molecule has 0 aliphatic carbocycles. The molecule has 0 amide bonds. The molecule has 0 spiro atoms. The van der Waals surface area contributed by atoms with E-state index < -0.39 is 4.92 Å². The fourth-order valence-electron chi connectivity index (χ4n) is 3.20. The summed E-state index contributed by atoms with van der Waals surface area (Å²) in [6, 6.07) is 4.79. The maximum absolute atomic E-state index is 10.8. The summed E-state index contributed by atoms with van der Waals surface area (Å²) in [5.74, 6) is 0. The summed E-state index contributed by atoms with van der Waals surface area (Å²) in [7, 11) is 0. The second-order valence-corrected chi connectivity index (χ2v) is 6.28. The number of nitro groups is 1. The first-order chi connectivity index (χ1) is 12.7. The minimum absolute atomic E-state index is 0.0661. The Hall–Kier alpha value is -2.94. The van der Waals surface area contributed by atoms with Crippen LogP contribution in [-0.4, -0.2) is 50.4 Å². The van der Waals surface area contributed by atoms with Gasteiger partial charge in [0.1, 0.15) is 6.33 Å². The van der Waals surface area contributed by atoms with E-state index in [1.165, 1.54) is 12.1 Å². The van der Waals surface area contributed by atoms with E-state index in [-0.39, 0.29) is 5.69 Å². The van der Waals surface area contributed by atoms with Gasteiger partial charge in [-0.15, -0.1) is 0 Å². The van der Waals surface area contributed by atoms with Gasteiger partial charge in [0, 0.05) is 24.9 Å². The van der Waals surface area contributed by atoms with Gasteiger partial charge in [-0.1, -0.05) is 0 Å². The Labute approximate surface area is 149 Å². The number of nitro benzene ring substituents is 1. The molecule has 3 aromatic rings. The fourth-order valence-corrected chi connectivity index (χ4v) is 3.20. The number of rotatable bonds is 6. The molecule has 1 aliphatic rings. The molecule has 26 heavy (non-hydrogen) atoms. The van der Waals surface area contributed by atoms with E-state index in [0.717, 1.165) is 56.9 Å². The van der Waals surface area contributed by atoms with Gasteiger partial charge in [0.05, 0.1) is 54.3 Å². The lowest BCUT2D eigenvalue weighted by Crippen LogP contribution is -2.43. The van der Waals surface area contributed by atoms with E-state index in [2.05, 4.69) is 21.2 Å². The average Bonchev–Trinajstić information content (AvgIpc) is 3.29. The van der Waals surface area contributed by atoms with E-state index in [1.807, 2.05) is 15.6 Å². The third kappa shape index (κ3) is 3.38. The van der Waals surface area contributed by atoms with Crippen LogP contribution in [0.15, 0.2) is 37.1 Å². The molecule has 0 radical (unpaired) electrons. The Kier molecular flexibility index (Phi) is 4.53. The Bertz CT molecular complexity index is 912. The Morgan fingerprint density at radius 3 is 2.85 bits per heavy atom. The number of aryl methyl sites for hydroxylation is 2. The summed E-state index contributed by atoms with van der Waals surface area (Å²) >= 11 is 0. The molecule has 1 aromatic carbocycles. The predicted octanol–water partition coefficient (Wildman–Crippen LogP) is 1.74. The van der Waals surface area contributed by atoms with Crippen LogP contribution < -0.4 is 5.01 Å². The highest BCUT2D eigenvalue weighted by molar-refractivity contribution is 5.77. The number of morpholine rings is 1. The predicted molar refractivity (Wildman–Crippen MR) is 95.7 cm³/mol. The van der Waals surface area contributed by atoms with Crippen molar-refractivity contribution in [1.82, 2.24) is 19.2 Å². The number of imidazole rings is 2. The number of ether oxygens (including phenoxy) is 1. The van der Waals surface area contributed by atoms with Gasteiger partial charge in [-0.25, -0.2) is 9.97 Å². The molecule has 0 atom stereocenters. The first-order valence-electron chi connectivity index (χ1n) is 8.66. The third-order valence-electron chi connectivity index (χ3n) is 4.58. The summed E-state index contributed by atoms with van der Waals surface area (Å²) in [4.78, 5) is 19.2. The second kappa shape index (κ2) is 7.12. The number of non-ortho nitro benzene ring substituents is 1. The van der Waals surface area contributed by atoms with Crippen LogP contribution in [0.25, 0.3) is 11.0 Å². The second-order valence-electron chi connectivity index (χ2n) is 6.28. The quantitative estimate of drug-likeness (QED) is 0.493. The summed E-state index contributed by atoms with van der Waals surface area (Å²) in [6.45, 7) is 4.05. The summed E-state index contributed by atoms with van der Waals surface area (Å²) < 4.78 is 9.44. The smallest absolute Gasteiger partial charge is 0.271 e. The van der Waals surface area contributed by atoms with Crippen LogP contribution in [0.1, 0.15) is 12.1 Å². The van der Waals surface area contributed by atoms with Crippen molar-refractivity contribution in [1.29, 1.82) is 0 Å². The van der Waals surface area contributed by atoms with Crippen molar-refractivity contribution in [2.24, 2.45) is 0 Å². The molecule has 0 saturated carbocycles. The van der Waals surface area contributed by atoms with Gasteiger partial charge < -0.3 is 14.3 Å². The lowest BCUT2D eigenvalue weighted by molar-refractivity contribution is -0.384. The van der Waals surface area contributed by atoms with Crippen molar-refractivity contribution >= 4 is 16.7 Å². The molecule has 0 bridgehead atoms. The largest absolute Gasteiger partial charge is 0.378 e. The minimum Gasteiger partial charge on any atom is -0.378 e. The van der Waals surface area contributed by atoms with Crippen molar-refractivity contribution in [3.05, 3.63) is 52.9 Å². The van der Waals surface area contributed by atoms with Gasteiger partial charge in [-0.2, -0.15) is 0 Å². The zero-order valence-corrected chi connectivity index (χ0v) is 14.3. The van der Waals surface area contributed by atoms with Crippen LogP contribution >= 0.6 is 0 Å². The molecular weight excluding hydrogens is 336 g/mol. The highest BCUT2D eigenvalue weighted by atomic mass is 16.6. The molecule has 0 unspecified atom stereocenters. The minimum atomic E-state index is -0.400. The Balaban J connectivity index is 1.37. The molecule has 1 fully saturated rings. The molecule has 9 heteroatoms. The molecular formula is C17H20N6O3. The lowest BCUT2D eigenvalue weighted by Gasteiger charge is -2.29. The molecule has 9 nitrogen and oxygen atoms in total. The normalized spacial score (nSPS) is 14.8. The third-order valence-corrected chi connectivity index (χ3v) is 4.58. The molecule has 3 heterocycles. The van der Waals surface area contributed by atoms with Gasteiger partial charge in [-0.05, 0) is 18.9 Å². The van der Waals surface area contributed by atoms with Crippen molar-refractivity contribution in [3.8, 4) is 0 Å². The standard InChI is InChI=1S/C17H20N6O3/c24-23(25)15-3-4-17-16(10-15)19-12-20(17)5-1-2-14-11-22(13-18-14)21-6-8-26-9-7-21/h3-4,10-13H,1-2,5-9H2. The number of benzene rings is 1. The Morgan fingerprint density at radius 1 is 1.19 bits per heavy atom. The van der Waals surface area contributed by atoms with Crippen molar-refractivity contribution < 1.29 is 9.66 Å². The summed E-state index contributed by atoms with van der Waals surface area (Å²) in [5.41, 5.74) is 2.68. The summed E-state index contributed by atoms with van der Waals surface area (Å²) in [6.07, 6.45) is 7.44. The van der Waals surface area contributed by atoms with Gasteiger partial charge in [0.15, 0.2) is 0 Å². The van der Waals surface area contributed by atoms with Crippen molar-refractivity contribution in [3.63, 3.8) is 0 Å². The topological polar surface area (TPSA) is 91.2 Å². The van der Waals surface area contributed by atoms with E-state index in [1.54, 1.807) is 12.4 Å². The number of nitrogens with zero attached hydrogens (tertiary/aromatic N) is 6. The number of fused-ring (bicyclic) bond motifs is 1. The zero-order valence-electron chi connectivity index (χ0n) is 14.3. The van der Waals surface area contributed by atoms with Gasteiger partial charge >= 0.3 is 0 Å². The van der Waals surface area contributed by atoms with Crippen LogP contribution in [-0.2, 0) is 17.7 Å². The van der Waals surface area contributed by atoms with Crippen LogP contribution in [0.5, 0.6) is 0 Å². The Morgan fingerprint density at radius 2 is 2.04 bits per heavy atom. The van der Waals surface area contributed by atoms with Crippen molar-refractivity contribution in [2.45, 2.75) is 19.4 Å². The summed E-state index contributed by atoms with van der Waals surface area (Å²) in [5, 5.41) is 13.1. The van der Waals surface area contributed by atoms with Crippen LogP contribution in [0, 0.1) is 10.1 Å². The first kappa shape index (κ1) is 16.5. The van der Waals surface area contributed by atoms with E-state index >= 15 is 0 Å². The molecule has 2 aromatic heterocycles. The van der Waals surface area contributed by atoms with Gasteiger partial charge in [-0.3, -0.25) is 14.8 Å². The lowest BCUT2D eigenvalue weighted by atomic mass is 10.2. The molecule has 0 N–H and O–H groups in total. The number of aromatic nitrogens is 4. The van der Waals surface area contributed by atoms with E-state index in [4.69, 9.17) is 4.74 Å². The molecule has 1 aliphatic heterocycles. The van der Waals surface area contributed by atoms with Crippen LogP contribution in [0.4, 0.5) is 5.69 Å².